The average Bonchev–Trinajstić information content (AvgIpc) is 3.59. The maximum absolute atomic E-state index is 6.06. The van der Waals surface area contributed by atoms with Crippen LogP contribution >= 0.6 is 28.1 Å². The number of pyridine rings is 1. The minimum Gasteiger partial charge on any atom is -0.497 e. The Morgan fingerprint density at radius 2 is 1.56 bits per heavy atom. The van der Waals surface area contributed by atoms with Gasteiger partial charge in [0.05, 0.1) is 18.8 Å². The first-order chi connectivity index (χ1) is 19.1. The third kappa shape index (κ3) is 5.13. The molecule has 0 amide bonds. The van der Waals surface area contributed by atoms with Gasteiger partial charge in [0.1, 0.15) is 23.3 Å². The van der Waals surface area contributed by atoms with E-state index in [-0.39, 0.29) is 12.1 Å². The van der Waals surface area contributed by atoms with Crippen molar-refractivity contribution in [3.63, 3.8) is 0 Å². The predicted octanol–water partition coefficient (Wildman–Crippen LogP) is 7.61. The molecule has 8 heteroatoms. The molecule has 39 heavy (non-hydrogen) atoms. The zero-order valence-electron chi connectivity index (χ0n) is 21.1. The molecular weight excluding hydrogens is 572 g/mol. The van der Waals surface area contributed by atoms with Gasteiger partial charge in [0.2, 0.25) is 0 Å². The molecule has 6 rings (SSSR count). The number of rotatable bonds is 7. The van der Waals surface area contributed by atoms with Crippen LogP contribution in [0.25, 0.3) is 5.69 Å². The molecule has 2 atom stereocenters. The molecule has 1 saturated heterocycles. The highest BCUT2D eigenvalue weighted by atomic mass is 79.9. The Kier molecular flexibility index (Phi) is 7.04. The van der Waals surface area contributed by atoms with Crippen LogP contribution in [0.1, 0.15) is 23.5 Å². The molecule has 0 aliphatic carbocycles. The monoisotopic (exact) mass is 596 g/mol. The molecule has 2 aromatic heterocycles. The first-order valence-corrected chi connectivity index (χ1v) is 13.7. The smallest absolute Gasteiger partial charge is 0.174 e. The molecule has 0 bridgehead atoms. The van der Waals surface area contributed by atoms with Gasteiger partial charge in [0.15, 0.2) is 5.11 Å². The number of nitrogens with zero attached hydrogens (tertiary/aromatic N) is 3. The molecule has 1 N–H and O–H groups in total. The minimum absolute atomic E-state index is 0.144. The maximum atomic E-state index is 6.06. The molecule has 0 radical (unpaired) electrons. The number of ether oxygens (including phenoxy) is 2. The van der Waals surface area contributed by atoms with Gasteiger partial charge < -0.3 is 24.3 Å². The number of aromatic nitrogens is 2. The highest BCUT2D eigenvalue weighted by molar-refractivity contribution is 9.10. The molecule has 1 aliphatic heterocycles. The lowest BCUT2D eigenvalue weighted by atomic mass is 10.0. The summed E-state index contributed by atoms with van der Waals surface area (Å²) in [5.41, 5.74) is 4.04. The van der Waals surface area contributed by atoms with Crippen molar-refractivity contribution in [2.24, 2.45) is 0 Å². The maximum Gasteiger partial charge on any atom is 0.174 e. The first-order valence-electron chi connectivity index (χ1n) is 12.5. The third-order valence-corrected chi connectivity index (χ3v) is 7.49. The van der Waals surface area contributed by atoms with E-state index in [0.29, 0.717) is 5.11 Å². The van der Waals surface area contributed by atoms with Gasteiger partial charge in [-0.15, -0.1) is 0 Å². The van der Waals surface area contributed by atoms with Gasteiger partial charge in [-0.05, 0) is 103 Å². The molecule has 6 nitrogen and oxygen atoms in total. The van der Waals surface area contributed by atoms with Crippen molar-refractivity contribution in [3.8, 4) is 22.9 Å². The van der Waals surface area contributed by atoms with Crippen LogP contribution in [0.4, 0.5) is 5.69 Å². The van der Waals surface area contributed by atoms with E-state index in [1.54, 1.807) is 7.11 Å². The van der Waals surface area contributed by atoms with E-state index in [0.717, 1.165) is 44.5 Å². The first kappa shape index (κ1) is 25.2. The second-order valence-corrected chi connectivity index (χ2v) is 10.4. The lowest BCUT2D eigenvalue weighted by Gasteiger charge is -2.29. The molecule has 194 valence electrons. The predicted molar refractivity (Wildman–Crippen MR) is 161 cm³/mol. The van der Waals surface area contributed by atoms with Gasteiger partial charge in [0.25, 0.3) is 0 Å². The average molecular weight is 598 g/mol. The van der Waals surface area contributed by atoms with Crippen LogP contribution in [0.2, 0.25) is 0 Å². The van der Waals surface area contributed by atoms with E-state index in [4.69, 9.17) is 21.7 Å². The lowest BCUT2D eigenvalue weighted by molar-refractivity contribution is 0.413. The van der Waals surface area contributed by atoms with Gasteiger partial charge in [-0.3, -0.25) is 4.98 Å². The Morgan fingerprint density at radius 1 is 0.821 bits per heavy atom. The Labute approximate surface area is 241 Å². The molecule has 0 unspecified atom stereocenters. The Hall–Kier alpha value is -4.14. The number of hydrogen-bond donors (Lipinski definition) is 1. The van der Waals surface area contributed by atoms with E-state index in [9.17, 15) is 0 Å². The number of anilines is 1. The standard InChI is InChI=1S/C31H25BrN4O2S/c1-37-24-14-16-26(17-15-24)38-25-12-10-22(11-13-25)36-30(29(34-31(36)39)27-8-2-3-18-33-27)28-9-5-19-35(28)23-7-4-6-21(32)20-23/h2-20,29-30H,1H3,(H,34,39)/t29-,30+/m1/s1. The summed E-state index contributed by atoms with van der Waals surface area (Å²) in [6, 6.07) is 33.7. The van der Waals surface area contributed by atoms with Crippen molar-refractivity contribution in [1.29, 1.82) is 0 Å². The van der Waals surface area contributed by atoms with Crippen molar-refractivity contribution in [3.05, 3.63) is 131 Å². The quantitative estimate of drug-likeness (QED) is 0.195. The fourth-order valence-electron chi connectivity index (χ4n) is 4.88. The number of hydrogen-bond acceptors (Lipinski definition) is 4. The highest BCUT2D eigenvalue weighted by Gasteiger charge is 2.42. The second kappa shape index (κ2) is 10.9. The SMILES string of the molecule is COc1ccc(Oc2ccc(N3C(=S)N[C@H](c4ccccn4)[C@@H]3c3cccn3-c3cccc(Br)c3)cc2)cc1. The highest BCUT2D eigenvalue weighted by Crippen LogP contribution is 2.42. The van der Waals surface area contributed by atoms with E-state index >= 15 is 0 Å². The Bertz CT molecular complexity index is 1590. The van der Waals surface area contributed by atoms with Gasteiger partial charge in [-0.25, -0.2) is 0 Å². The van der Waals surface area contributed by atoms with E-state index < -0.39 is 0 Å². The zero-order chi connectivity index (χ0) is 26.8. The van der Waals surface area contributed by atoms with Crippen LogP contribution in [-0.2, 0) is 0 Å². The Morgan fingerprint density at radius 3 is 2.26 bits per heavy atom. The summed E-state index contributed by atoms with van der Waals surface area (Å²) >= 11 is 9.54. The number of methoxy groups -OCH3 is 1. The van der Waals surface area contributed by atoms with Gasteiger partial charge >= 0.3 is 0 Å². The summed E-state index contributed by atoms with van der Waals surface area (Å²) in [5.74, 6) is 2.26. The number of halogens is 1. The number of nitrogens with one attached hydrogen (secondary N) is 1. The molecule has 1 aliphatic rings. The number of benzene rings is 3. The minimum atomic E-state index is -0.144. The topological polar surface area (TPSA) is 51.6 Å². The molecular formula is C31H25BrN4O2S. The van der Waals surface area contributed by atoms with Crippen LogP contribution in [0, 0.1) is 0 Å². The molecule has 1 fully saturated rings. The van der Waals surface area contributed by atoms with Crippen LogP contribution in [-0.4, -0.2) is 21.8 Å². The van der Waals surface area contributed by atoms with Crippen molar-refractivity contribution < 1.29 is 9.47 Å². The summed E-state index contributed by atoms with van der Waals surface area (Å²) in [5, 5.41) is 4.18. The summed E-state index contributed by atoms with van der Waals surface area (Å²) < 4.78 is 14.5. The van der Waals surface area contributed by atoms with Gasteiger partial charge in [0, 0.05) is 33.9 Å². The van der Waals surface area contributed by atoms with Gasteiger partial charge in [-0.1, -0.05) is 28.1 Å². The summed E-state index contributed by atoms with van der Waals surface area (Å²) in [7, 11) is 1.65. The van der Waals surface area contributed by atoms with E-state index in [1.165, 1.54) is 0 Å². The van der Waals surface area contributed by atoms with E-state index in [1.807, 2.05) is 85.1 Å². The lowest BCUT2D eigenvalue weighted by Crippen LogP contribution is -2.30. The second-order valence-electron chi connectivity index (χ2n) is 9.05. The molecule has 3 aromatic carbocycles. The summed E-state index contributed by atoms with van der Waals surface area (Å²) in [6.07, 6.45) is 3.90. The summed E-state index contributed by atoms with van der Waals surface area (Å²) in [6.45, 7) is 0. The fourth-order valence-corrected chi connectivity index (χ4v) is 5.62. The van der Waals surface area contributed by atoms with E-state index in [2.05, 4.69) is 66.2 Å². The molecule has 0 spiro atoms. The zero-order valence-corrected chi connectivity index (χ0v) is 23.5. The van der Waals surface area contributed by atoms with Crippen LogP contribution < -0.4 is 19.7 Å². The largest absolute Gasteiger partial charge is 0.497 e. The van der Waals surface area contributed by atoms with Crippen molar-refractivity contribution in [2.45, 2.75) is 12.1 Å². The Balaban J connectivity index is 1.37. The van der Waals surface area contributed by atoms with Crippen molar-refractivity contribution >= 4 is 38.9 Å². The van der Waals surface area contributed by atoms with Crippen LogP contribution in [0.3, 0.4) is 0 Å². The van der Waals surface area contributed by atoms with Crippen molar-refractivity contribution in [1.82, 2.24) is 14.9 Å². The van der Waals surface area contributed by atoms with Crippen molar-refractivity contribution in [2.75, 3.05) is 12.0 Å². The third-order valence-electron chi connectivity index (χ3n) is 6.68. The summed E-state index contributed by atoms with van der Waals surface area (Å²) in [4.78, 5) is 6.84. The normalized spacial score (nSPS) is 16.7. The van der Waals surface area contributed by atoms with Crippen LogP contribution in [0.5, 0.6) is 17.2 Å². The number of thiocarbonyl (C=S) groups is 1. The van der Waals surface area contributed by atoms with Crippen LogP contribution in [0.15, 0.2) is 120 Å². The fraction of sp³-hybridized carbons (Fsp3) is 0.0968. The molecule has 0 saturated carbocycles. The van der Waals surface area contributed by atoms with Gasteiger partial charge in [-0.2, -0.15) is 0 Å². The molecule has 5 aromatic rings. The molecule has 3 heterocycles.